The van der Waals surface area contributed by atoms with Crippen molar-refractivity contribution in [2.75, 3.05) is 30.0 Å². The Bertz CT molecular complexity index is 1060. The van der Waals surface area contributed by atoms with Gasteiger partial charge in [-0.2, -0.15) is 19.6 Å². The fourth-order valence-corrected chi connectivity index (χ4v) is 3.90. The lowest BCUT2D eigenvalue weighted by atomic mass is 10.2. The minimum Gasteiger partial charge on any atom is -0.486 e. The predicted molar refractivity (Wildman–Crippen MR) is 134 cm³/mol. The third kappa shape index (κ3) is 6.93. The van der Waals surface area contributed by atoms with Crippen LogP contribution >= 0.6 is 0 Å². The fraction of sp³-hybridized carbons (Fsp3) is 0.500. The highest BCUT2D eigenvalue weighted by molar-refractivity contribution is 6.76. The van der Waals surface area contributed by atoms with E-state index in [0.717, 1.165) is 11.7 Å². The van der Waals surface area contributed by atoms with E-state index in [1.54, 1.807) is 26.8 Å². The van der Waals surface area contributed by atoms with Crippen molar-refractivity contribution in [3.05, 3.63) is 30.0 Å². The second-order valence-electron chi connectivity index (χ2n) is 10.4. The molecule has 9 nitrogen and oxygen atoms in total. The summed E-state index contributed by atoms with van der Waals surface area (Å²) in [6, 6.07) is 8.11. The number of nitrogens with zero attached hydrogens (tertiary/aromatic N) is 3. The van der Waals surface area contributed by atoms with Gasteiger partial charge in [-0.1, -0.05) is 6.07 Å². The molecule has 3 heterocycles. The highest BCUT2D eigenvalue weighted by Gasteiger charge is 2.32. The first-order chi connectivity index (χ1) is 15.8. The van der Waals surface area contributed by atoms with Gasteiger partial charge in [-0.3, -0.25) is 15.2 Å². The summed E-state index contributed by atoms with van der Waals surface area (Å²) in [5.41, 5.74) is 1.59. The summed E-state index contributed by atoms with van der Waals surface area (Å²) in [7, 11) is -1.35. The molecular formula is C24H34N4O5Si-. The number of anilines is 2. The summed E-state index contributed by atoms with van der Waals surface area (Å²) in [5, 5.41) is 2.77. The number of aromatic nitrogens is 2. The van der Waals surface area contributed by atoms with E-state index < -0.39 is 25.9 Å². The maximum atomic E-state index is 12.9. The molecule has 2 aromatic heterocycles. The van der Waals surface area contributed by atoms with Crippen molar-refractivity contribution in [1.82, 2.24) is 9.97 Å². The van der Waals surface area contributed by atoms with E-state index >= 15 is 0 Å². The minimum atomic E-state index is -1.35. The Labute approximate surface area is 201 Å². The summed E-state index contributed by atoms with van der Waals surface area (Å²) < 4.78 is 16.8. The van der Waals surface area contributed by atoms with Gasteiger partial charge in [0.05, 0.1) is 30.2 Å². The predicted octanol–water partition coefficient (Wildman–Crippen LogP) is 5.47. The number of hydrogen-bond acceptors (Lipinski definition) is 7. The number of hydrogen-bond donors (Lipinski definition) is 1. The van der Waals surface area contributed by atoms with Crippen LogP contribution in [0.15, 0.2) is 24.3 Å². The second-order valence-corrected chi connectivity index (χ2v) is 16.0. The molecule has 0 bridgehead atoms. The third-order valence-corrected chi connectivity index (χ3v) is 6.56. The van der Waals surface area contributed by atoms with Crippen molar-refractivity contribution in [2.24, 2.45) is 0 Å². The van der Waals surface area contributed by atoms with Gasteiger partial charge in [0.15, 0.2) is 11.6 Å². The normalized spacial score (nSPS) is 13.6. The van der Waals surface area contributed by atoms with Gasteiger partial charge in [0.1, 0.15) is 12.2 Å². The quantitative estimate of drug-likeness (QED) is 0.559. The number of pyridine rings is 2. The van der Waals surface area contributed by atoms with Crippen LogP contribution in [-0.2, 0) is 9.47 Å². The molecule has 0 saturated carbocycles. The summed E-state index contributed by atoms with van der Waals surface area (Å²) in [5.74, 6) is 0.550. The molecule has 1 N–H and O–H groups in total. The average Bonchev–Trinajstić information content (AvgIpc) is 2.71. The maximum absolute atomic E-state index is 12.9. The zero-order chi connectivity index (χ0) is 25.1. The molecule has 0 unspecified atom stereocenters. The summed E-state index contributed by atoms with van der Waals surface area (Å²) in [6.45, 7) is 14.8. The zero-order valence-electron chi connectivity index (χ0n) is 21.0. The second kappa shape index (κ2) is 10.0. The fourth-order valence-electron chi connectivity index (χ4n) is 3.19. The first-order valence-corrected chi connectivity index (χ1v) is 15.1. The number of carbonyl (C=O) groups excluding carboxylic acids is 2. The Morgan fingerprint density at radius 3 is 2.56 bits per heavy atom. The van der Waals surface area contributed by atoms with E-state index in [0.29, 0.717) is 23.7 Å². The van der Waals surface area contributed by atoms with Crippen LogP contribution in [0.1, 0.15) is 26.5 Å². The molecule has 34 heavy (non-hydrogen) atoms. The standard InChI is InChI=1S/C24H34N4O5Si/c1-16-9-8-10-17(25-16)18-15-19(27-22(29)32-13-14-34(5,6)7)20-21(26-18)28(11-12-31-20)23(30)33-24(2,3)4/h8-10,15H,11-14H2,1-7H3,(H,26,27,29)/q-1. The number of aryl methyl sites for hydroxylation is 1. The Balaban J connectivity index is 1.98. The Hall–Kier alpha value is -3.14. The molecule has 0 radical (unpaired) electrons. The molecular weight excluding hydrogens is 452 g/mol. The number of carbonyl (C=O) groups is 2. The van der Waals surface area contributed by atoms with E-state index in [9.17, 15) is 9.59 Å². The zero-order valence-corrected chi connectivity index (χ0v) is 22.0. The van der Waals surface area contributed by atoms with E-state index in [1.165, 1.54) is 4.90 Å². The van der Waals surface area contributed by atoms with Crippen LogP contribution in [0, 0.1) is 6.92 Å². The SMILES string of the molecule is Cc1cccc(-c2cc(NC(=O)OCC[Si-](C)(C)C)c3c(n2)N(C(=O)OC(C)(C)C)CCO3)n1. The van der Waals surface area contributed by atoms with Crippen LogP contribution in [-0.4, -0.2) is 55.6 Å². The average molecular weight is 487 g/mol. The number of nitrogens with one attached hydrogen (secondary N) is 1. The van der Waals surface area contributed by atoms with Crippen molar-refractivity contribution in [3.63, 3.8) is 0 Å². The number of ether oxygens (including phenoxy) is 3. The summed E-state index contributed by atoms with van der Waals surface area (Å²) >= 11 is 0. The summed E-state index contributed by atoms with van der Waals surface area (Å²) in [4.78, 5) is 36.1. The number of amides is 2. The van der Waals surface area contributed by atoms with Crippen LogP contribution < -0.4 is 15.0 Å². The Morgan fingerprint density at radius 1 is 1.18 bits per heavy atom. The van der Waals surface area contributed by atoms with Gasteiger partial charge in [-0.15, -0.1) is 14.1 Å². The van der Waals surface area contributed by atoms with Gasteiger partial charge in [0, 0.05) is 5.69 Å². The van der Waals surface area contributed by atoms with Crippen molar-refractivity contribution in [3.8, 4) is 17.1 Å². The maximum Gasteiger partial charge on any atom is 0.416 e. The minimum absolute atomic E-state index is 0.231. The third-order valence-electron chi connectivity index (χ3n) is 4.86. The molecule has 0 fully saturated rings. The molecule has 0 spiro atoms. The van der Waals surface area contributed by atoms with Gasteiger partial charge in [0.2, 0.25) is 0 Å². The van der Waals surface area contributed by atoms with Crippen molar-refractivity contribution in [1.29, 1.82) is 0 Å². The lowest BCUT2D eigenvalue weighted by Crippen LogP contribution is -2.42. The Morgan fingerprint density at radius 2 is 1.91 bits per heavy atom. The molecule has 2 aromatic rings. The largest absolute Gasteiger partial charge is 0.486 e. The topological polar surface area (TPSA) is 103 Å². The van der Waals surface area contributed by atoms with E-state index in [4.69, 9.17) is 14.2 Å². The van der Waals surface area contributed by atoms with Crippen LogP contribution in [0.5, 0.6) is 5.75 Å². The van der Waals surface area contributed by atoms with E-state index in [1.807, 2.05) is 25.1 Å². The molecule has 10 heteroatoms. The van der Waals surface area contributed by atoms with Crippen molar-refractivity contribution >= 4 is 31.8 Å². The van der Waals surface area contributed by atoms with Gasteiger partial charge in [0.25, 0.3) is 0 Å². The Kier molecular flexibility index (Phi) is 7.50. The smallest absolute Gasteiger partial charge is 0.416 e. The monoisotopic (exact) mass is 486 g/mol. The summed E-state index contributed by atoms with van der Waals surface area (Å²) in [6.07, 6.45) is -1.13. The number of rotatable bonds is 5. The lowest BCUT2D eigenvalue weighted by Gasteiger charge is -2.32. The molecule has 0 aliphatic carbocycles. The first-order valence-electron chi connectivity index (χ1n) is 11.4. The van der Waals surface area contributed by atoms with Gasteiger partial charge >= 0.3 is 12.2 Å². The lowest BCUT2D eigenvalue weighted by molar-refractivity contribution is 0.0566. The van der Waals surface area contributed by atoms with E-state index in [2.05, 4.69) is 34.9 Å². The van der Waals surface area contributed by atoms with Gasteiger partial charge < -0.3 is 14.2 Å². The molecule has 3 rings (SSSR count). The van der Waals surface area contributed by atoms with Crippen LogP contribution in [0.3, 0.4) is 0 Å². The van der Waals surface area contributed by atoms with E-state index in [-0.39, 0.29) is 24.7 Å². The first kappa shape index (κ1) is 25.5. The highest BCUT2D eigenvalue weighted by atomic mass is 28.3. The molecule has 2 amide bonds. The number of fused-ring (bicyclic) bond motifs is 1. The van der Waals surface area contributed by atoms with Gasteiger partial charge in [-0.05, 0) is 45.9 Å². The van der Waals surface area contributed by atoms with Crippen molar-refractivity contribution in [2.45, 2.75) is 59.0 Å². The molecule has 1 aliphatic heterocycles. The molecule has 0 atom stereocenters. The molecule has 0 saturated heterocycles. The molecule has 185 valence electrons. The van der Waals surface area contributed by atoms with Crippen LogP contribution in [0.25, 0.3) is 11.4 Å². The van der Waals surface area contributed by atoms with Crippen LogP contribution in [0.2, 0.25) is 25.7 Å². The molecule has 1 aliphatic rings. The van der Waals surface area contributed by atoms with Crippen molar-refractivity contribution < 1.29 is 23.8 Å². The van der Waals surface area contributed by atoms with Crippen LogP contribution in [0.4, 0.5) is 21.1 Å². The highest BCUT2D eigenvalue weighted by Crippen LogP contribution is 2.40. The van der Waals surface area contributed by atoms with Gasteiger partial charge in [-0.25, -0.2) is 14.6 Å². The molecule has 0 aromatic carbocycles.